The van der Waals surface area contributed by atoms with Crippen molar-refractivity contribution in [1.82, 2.24) is 14.5 Å². The van der Waals surface area contributed by atoms with Crippen LogP contribution in [0.1, 0.15) is 150 Å². The van der Waals surface area contributed by atoms with Crippen LogP contribution in [0.5, 0.6) is 11.5 Å². The number of quaternary nitrogens is 1. The number of phosphoric acid groups is 1. The molecule has 2 atom stereocenters. The summed E-state index contributed by atoms with van der Waals surface area (Å²) < 4.78 is 30.8. The number of likely N-dealkylation sites (N-methyl/N-ethyl adjacent to an activating group) is 1. The highest BCUT2D eigenvalue weighted by molar-refractivity contribution is 7.45. The normalized spacial score (nSPS) is 16.7. The summed E-state index contributed by atoms with van der Waals surface area (Å²) in [5.74, 6) is 1.34. The molecule has 6 rings (SSSR count). The Hall–Kier alpha value is -3.74. The molecule has 3 heterocycles. The maximum absolute atomic E-state index is 13.8. The van der Waals surface area contributed by atoms with Gasteiger partial charge in [0.1, 0.15) is 30.3 Å². The average Bonchev–Trinajstić information content (AvgIpc) is 3.63. The van der Waals surface area contributed by atoms with Crippen LogP contribution in [-0.4, -0.2) is 84.8 Å². The fourth-order valence-electron chi connectivity index (χ4n) is 9.45. The number of ketones is 1. The van der Waals surface area contributed by atoms with E-state index >= 15 is 0 Å². The van der Waals surface area contributed by atoms with Crippen molar-refractivity contribution in [3.63, 3.8) is 0 Å². The lowest BCUT2D eigenvalue weighted by Gasteiger charge is -2.32. The lowest BCUT2D eigenvalue weighted by atomic mass is 9.77. The van der Waals surface area contributed by atoms with Gasteiger partial charge in [-0.3, -0.25) is 14.2 Å². The van der Waals surface area contributed by atoms with Crippen LogP contribution in [0.2, 0.25) is 0 Å². The monoisotopic (exact) mass is 929 g/mol. The number of phosphoric ester groups is 1. The Morgan fingerprint density at radius 3 is 1.98 bits per heavy atom. The van der Waals surface area contributed by atoms with E-state index in [4.69, 9.17) is 18.8 Å². The third-order valence-corrected chi connectivity index (χ3v) is 14.4. The molecule has 1 aliphatic carbocycles. The summed E-state index contributed by atoms with van der Waals surface area (Å²) in [6.45, 7) is 3.79. The molecule has 0 saturated carbocycles. The van der Waals surface area contributed by atoms with Gasteiger partial charge >= 0.3 is 0 Å². The minimum atomic E-state index is -4.19. The van der Waals surface area contributed by atoms with E-state index in [0.717, 1.165) is 59.2 Å². The van der Waals surface area contributed by atoms with Crippen molar-refractivity contribution >= 4 is 24.5 Å². The average molecular weight is 929 g/mol. The van der Waals surface area contributed by atoms with Crippen LogP contribution >= 0.6 is 7.82 Å². The highest BCUT2D eigenvalue weighted by Gasteiger charge is 2.43. The largest absolute Gasteiger partial charge is 0.756 e. The molecule has 0 bridgehead atoms. The molecule has 0 radical (unpaired) electrons. The number of aromatic nitrogens is 2. The zero-order valence-corrected chi connectivity index (χ0v) is 41.7. The first-order valence-corrected chi connectivity index (χ1v) is 26.4. The molecule has 66 heavy (non-hydrogen) atoms. The molecule has 2 aliphatic rings. The number of carbonyl (C=O) groups excluding carboxylic acids is 1. The second-order valence-electron chi connectivity index (χ2n) is 20.1. The Morgan fingerprint density at radius 2 is 1.39 bits per heavy atom. The summed E-state index contributed by atoms with van der Waals surface area (Å²) in [5.41, 5.74) is 4.64. The molecule has 0 fully saturated rings. The Bertz CT molecular complexity index is 2340. The van der Waals surface area contributed by atoms with Gasteiger partial charge in [-0.1, -0.05) is 109 Å². The number of carbonyl (C=O) groups is 1. The van der Waals surface area contributed by atoms with Gasteiger partial charge in [0.2, 0.25) is 0 Å². The van der Waals surface area contributed by atoms with Crippen LogP contribution in [-0.2, 0) is 49.9 Å². The molecule has 1 unspecified atom stereocenters. The second-order valence-corrected chi connectivity index (χ2v) is 21.5. The number of ether oxygens (including phenoxy) is 1. The highest BCUT2D eigenvalue weighted by atomic mass is 31.2. The fourth-order valence-corrected chi connectivity index (χ4v) is 10.2. The first-order chi connectivity index (χ1) is 31.6. The number of fused-ring (bicyclic) bond motifs is 5. The van der Waals surface area contributed by atoms with Crippen LogP contribution in [0.25, 0.3) is 22.3 Å². The fraction of sp³-hybridized carbons (Fsp3) is 0.604. The van der Waals surface area contributed by atoms with E-state index in [1.807, 2.05) is 53.4 Å². The zero-order valence-electron chi connectivity index (χ0n) is 40.8. The van der Waals surface area contributed by atoms with Crippen molar-refractivity contribution < 1.29 is 37.6 Å². The summed E-state index contributed by atoms with van der Waals surface area (Å²) in [6, 6.07) is 16.4. The predicted molar refractivity (Wildman–Crippen MR) is 262 cm³/mol. The molecule has 12 nitrogen and oxygen atoms in total. The minimum absolute atomic E-state index is 0.146. The van der Waals surface area contributed by atoms with E-state index in [2.05, 4.69) is 35.2 Å². The van der Waals surface area contributed by atoms with Gasteiger partial charge in [0.25, 0.3) is 13.4 Å². The van der Waals surface area contributed by atoms with E-state index in [1.165, 1.54) is 89.0 Å². The van der Waals surface area contributed by atoms with Gasteiger partial charge < -0.3 is 37.7 Å². The van der Waals surface area contributed by atoms with Gasteiger partial charge in [-0.2, -0.15) is 0 Å². The van der Waals surface area contributed by atoms with Gasteiger partial charge in [0, 0.05) is 40.6 Å². The quantitative estimate of drug-likeness (QED) is 0.0280. The molecule has 1 aliphatic heterocycles. The number of hydrogen-bond donors (Lipinski definition) is 1. The van der Waals surface area contributed by atoms with Crippen LogP contribution < -0.4 is 15.2 Å². The Morgan fingerprint density at radius 1 is 0.803 bits per heavy atom. The molecule has 1 N–H and O–H groups in total. The lowest BCUT2D eigenvalue weighted by Crippen LogP contribution is -2.43. The number of unbranched alkanes of at least 4 members (excludes halogenated alkanes) is 15. The molecule has 362 valence electrons. The summed E-state index contributed by atoms with van der Waals surface area (Å²) in [4.78, 5) is 45.7. The van der Waals surface area contributed by atoms with E-state index in [0.29, 0.717) is 53.1 Å². The smallest absolute Gasteiger partial charge is 0.268 e. The van der Waals surface area contributed by atoms with Crippen molar-refractivity contribution in [2.45, 2.75) is 154 Å². The van der Waals surface area contributed by atoms with Crippen molar-refractivity contribution in [2.75, 3.05) is 55.0 Å². The van der Waals surface area contributed by atoms with Gasteiger partial charge in [-0.25, -0.2) is 4.98 Å². The molecule has 0 amide bonds. The molecular weight excluding hydrogens is 852 g/mol. The number of pyridine rings is 2. The topological polar surface area (TPSA) is 143 Å². The maximum atomic E-state index is 13.8. The number of nitrogens with zero attached hydrogens (tertiary/aromatic N) is 4. The number of hydrogen-bond acceptors (Lipinski definition) is 10. The molecule has 2 aromatic carbocycles. The molecule has 4 aromatic rings. The van der Waals surface area contributed by atoms with Gasteiger partial charge in [0.15, 0.2) is 5.78 Å². The molecule has 13 heteroatoms. The lowest BCUT2D eigenvalue weighted by molar-refractivity contribution is -0.870. The number of aliphatic hydroxyl groups is 1. The number of aryl methyl sites for hydroxylation is 1. The van der Waals surface area contributed by atoms with E-state index in [1.54, 1.807) is 11.5 Å². The standard InChI is InChI=1S/C53H77N4O8P/c1-7-53(60)46-37-48-51-41(38-56(48)52(59)43(46)29-32-50(53)58)36-44-45(39-55(2)3)49(31-30-47(44)54-51)65-42-27-25-40(26-28-42)24-22-20-18-16-14-12-10-8-9-11-13-15-17-19-21-23-34-63-66(61,62)64-35-33-57(4,5)6/h25-28,30-31,36-37,60H,7-24,29,32-35,38-39H2,1-6H3/t53-/m0/s1. The van der Waals surface area contributed by atoms with Crippen molar-refractivity contribution in [2.24, 2.45) is 0 Å². The second kappa shape index (κ2) is 24.0. The van der Waals surface area contributed by atoms with E-state index < -0.39 is 13.4 Å². The van der Waals surface area contributed by atoms with Crippen molar-refractivity contribution in [3.05, 3.63) is 86.7 Å². The first-order valence-electron chi connectivity index (χ1n) is 24.9. The molecular formula is C53H77N4O8P. The van der Waals surface area contributed by atoms with E-state index in [9.17, 15) is 24.2 Å². The van der Waals surface area contributed by atoms with E-state index in [-0.39, 0.29) is 37.4 Å². The third kappa shape index (κ3) is 14.2. The Labute approximate surface area is 393 Å². The minimum Gasteiger partial charge on any atom is -0.756 e. The number of benzene rings is 2. The molecule has 2 aromatic heterocycles. The van der Waals surface area contributed by atoms with Crippen LogP contribution in [0.15, 0.2) is 53.3 Å². The maximum Gasteiger partial charge on any atom is 0.268 e. The van der Waals surface area contributed by atoms with Gasteiger partial charge in [-0.05, 0) is 88.2 Å². The third-order valence-electron chi connectivity index (χ3n) is 13.4. The summed E-state index contributed by atoms with van der Waals surface area (Å²) >= 11 is 0. The molecule has 0 saturated heterocycles. The SMILES string of the molecule is CC[C@@]1(O)C(=O)CCc2c1cc1n(c2=O)Cc2cc3c(CN(C)C)c(Oc4ccc(CCCCCCCCCCCCCCCCCCOP(=O)([O-])OCC[N+](C)(C)C)cc4)ccc3nc2-1. The molecule has 0 spiro atoms. The summed E-state index contributed by atoms with van der Waals surface area (Å²) in [5, 5.41) is 12.4. The highest BCUT2D eigenvalue weighted by Crippen LogP contribution is 2.41. The van der Waals surface area contributed by atoms with Crippen molar-refractivity contribution in [3.8, 4) is 22.9 Å². The van der Waals surface area contributed by atoms with Crippen LogP contribution in [0.3, 0.4) is 0 Å². The number of Topliss-reactive ketones (excluding diaryl/α,β-unsaturated/α-hetero) is 1. The Balaban J connectivity index is 0.854. The van der Waals surface area contributed by atoms with Crippen LogP contribution in [0.4, 0.5) is 0 Å². The number of rotatable bonds is 29. The predicted octanol–water partition coefficient (Wildman–Crippen LogP) is 10.4. The zero-order chi connectivity index (χ0) is 47.3. The first kappa shape index (κ1) is 51.6. The van der Waals surface area contributed by atoms with Gasteiger partial charge in [0.05, 0.1) is 51.2 Å². The summed E-state index contributed by atoms with van der Waals surface area (Å²) in [7, 11) is 5.87. The summed E-state index contributed by atoms with van der Waals surface area (Å²) in [6.07, 6.45) is 21.4. The van der Waals surface area contributed by atoms with Gasteiger partial charge in [-0.15, -0.1) is 0 Å². The van der Waals surface area contributed by atoms with Crippen LogP contribution in [0, 0.1) is 0 Å². The van der Waals surface area contributed by atoms with Crippen molar-refractivity contribution in [1.29, 1.82) is 0 Å². The Kier molecular flexibility index (Phi) is 18.8.